The van der Waals surface area contributed by atoms with Gasteiger partial charge >= 0.3 is 5.97 Å². The number of carboxylic acids is 1. The number of hydrogen-bond acceptors (Lipinski definition) is 7. The highest BCUT2D eigenvalue weighted by Gasteiger charge is 2.10. The molecule has 0 spiro atoms. The fraction of sp³-hybridized carbons (Fsp3) is 0.105. The Kier molecular flexibility index (Phi) is 5.85. The van der Waals surface area contributed by atoms with Crippen LogP contribution in [0.2, 0.25) is 0 Å². The van der Waals surface area contributed by atoms with E-state index in [-0.39, 0.29) is 11.8 Å². The van der Waals surface area contributed by atoms with Gasteiger partial charge in [-0.25, -0.2) is 14.2 Å². The lowest BCUT2D eigenvalue weighted by molar-refractivity contribution is -0.139. The molecule has 0 aliphatic heterocycles. The summed E-state index contributed by atoms with van der Waals surface area (Å²) >= 11 is 0. The SMILES string of the molecule is CNc1ccccc1Nc1nc(Nc2cccc(OCC(=O)O)c2)ncc1F. The zero-order chi connectivity index (χ0) is 19.9. The van der Waals surface area contributed by atoms with Crippen LogP contribution in [0.25, 0.3) is 0 Å². The Bertz CT molecular complexity index is 983. The summed E-state index contributed by atoms with van der Waals surface area (Å²) in [7, 11) is 1.77. The van der Waals surface area contributed by atoms with Crippen molar-refractivity contribution in [3.8, 4) is 5.75 Å². The molecule has 0 radical (unpaired) electrons. The van der Waals surface area contributed by atoms with Gasteiger partial charge in [-0.15, -0.1) is 0 Å². The van der Waals surface area contributed by atoms with Crippen molar-refractivity contribution in [2.24, 2.45) is 0 Å². The first-order valence-corrected chi connectivity index (χ1v) is 8.33. The summed E-state index contributed by atoms with van der Waals surface area (Å²) in [5.74, 6) is -1.12. The molecule has 0 unspecified atom stereocenters. The van der Waals surface area contributed by atoms with Crippen LogP contribution >= 0.6 is 0 Å². The third kappa shape index (κ3) is 4.85. The molecule has 4 N–H and O–H groups in total. The third-order valence-corrected chi connectivity index (χ3v) is 3.65. The summed E-state index contributed by atoms with van der Waals surface area (Å²) in [5, 5.41) is 17.6. The molecule has 9 heteroatoms. The summed E-state index contributed by atoms with van der Waals surface area (Å²) in [6, 6.07) is 14.0. The topological polar surface area (TPSA) is 108 Å². The molecule has 144 valence electrons. The van der Waals surface area contributed by atoms with E-state index in [1.807, 2.05) is 18.2 Å². The number of aromatic nitrogens is 2. The molecule has 0 saturated carbocycles. The van der Waals surface area contributed by atoms with Crippen LogP contribution in [0.5, 0.6) is 5.75 Å². The van der Waals surface area contributed by atoms with Gasteiger partial charge in [0.25, 0.3) is 0 Å². The minimum Gasteiger partial charge on any atom is -0.482 e. The van der Waals surface area contributed by atoms with Gasteiger partial charge in [-0.1, -0.05) is 18.2 Å². The van der Waals surface area contributed by atoms with Crippen LogP contribution in [-0.2, 0) is 4.79 Å². The van der Waals surface area contributed by atoms with Crippen LogP contribution in [0.3, 0.4) is 0 Å². The lowest BCUT2D eigenvalue weighted by atomic mass is 10.2. The van der Waals surface area contributed by atoms with Gasteiger partial charge < -0.3 is 25.8 Å². The number of halogens is 1. The summed E-state index contributed by atoms with van der Waals surface area (Å²) in [6.45, 7) is -0.449. The number of nitrogens with one attached hydrogen (secondary N) is 3. The Morgan fingerprint density at radius 3 is 2.68 bits per heavy atom. The van der Waals surface area contributed by atoms with Gasteiger partial charge in [0.2, 0.25) is 5.95 Å². The number of ether oxygens (including phenoxy) is 1. The van der Waals surface area contributed by atoms with Gasteiger partial charge in [0.15, 0.2) is 18.2 Å². The van der Waals surface area contributed by atoms with E-state index in [1.165, 1.54) is 0 Å². The summed E-state index contributed by atoms with van der Waals surface area (Å²) in [5.41, 5.74) is 2.02. The Hall–Kier alpha value is -3.88. The van der Waals surface area contributed by atoms with Crippen molar-refractivity contribution in [2.75, 3.05) is 29.6 Å². The zero-order valence-electron chi connectivity index (χ0n) is 14.9. The number of nitrogens with zero attached hydrogens (tertiary/aromatic N) is 2. The standard InChI is InChI=1S/C19H18FN5O3/c1-21-15-7-2-3-8-16(15)24-18-14(20)10-22-19(25-18)23-12-5-4-6-13(9-12)28-11-17(26)27/h2-10,21H,11H2,1H3,(H,26,27)(H2,22,23,24,25). The van der Waals surface area contributed by atoms with Gasteiger partial charge in [-0.2, -0.15) is 4.98 Å². The molecule has 0 saturated heterocycles. The van der Waals surface area contributed by atoms with Crippen LogP contribution in [0.1, 0.15) is 0 Å². The maximum Gasteiger partial charge on any atom is 0.341 e. The Balaban J connectivity index is 1.78. The molecule has 3 aromatic rings. The molecule has 0 bridgehead atoms. The molecular weight excluding hydrogens is 365 g/mol. The number of benzene rings is 2. The van der Waals surface area contributed by atoms with Crippen molar-refractivity contribution in [1.29, 1.82) is 0 Å². The average Bonchev–Trinajstić information content (AvgIpc) is 2.69. The first-order valence-electron chi connectivity index (χ1n) is 8.33. The maximum atomic E-state index is 14.2. The largest absolute Gasteiger partial charge is 0.482 e. The fourth-order valence-electron chi connectivity index (χ4n) is 2.39. The van der Waals surface area contributed by atoms with Crippen LogP contribution in [0.4, 0.5) is 33.2 Å². The zero-order valence-corrected chi connectivity index (χ0v) is 14.9. The van der Waals surface area contributed by atoms with E-state index in [0.29, 0.717) is 17.1 Å². The first kappa shape index (κ1) is 18.9. The average molecular weight is 383 g/mol. The Morgan fingerprint density at radius 2 is 1.93 bits per heavy atom. The van der Waals surface area contributed by atoms with Crippen molar-refractivity contribution in [3.05, 3.63) is 60.5 Å². The fourth-order valence-corrected chi connectivity index (χ4v) is 2.39. The smallest absolute Gasteiger partial charge is 0.341 e. The minimum atomic E-state index is -1.07. The molecule has 2 aromatic carbocycles. The summed E-state index contributed by atoms with van der Waals surface area (Å²) in [6.07, 6.45) is 1.06. The van der Waals surface area contributed by atoms with Crippen LogP contribution < -0.4 is 20.7 Å². The van der Waals surface area contributed by atoms with Gasteiger partial charge in [0, 0.05) is 18.8 Å². The second-order valence-corrected chi connectivity index (χ2v) is 5.65. The molecule has 8 nitrogen and oxygen atoms in total. The number of carbonyl (C=O) groups is 1. The maximum absolute atomic E-state index is 14.2. The van der Waals surface area contributed by atoms with Gasteiger partial charge in [0.05, 0.1) is 17.6 Å². The lowest BCUT2D eigenvalue weighted by Crippen LogP contribution is -2.09. The van der Waals surface area contributed by atoms with Gasteiger partial charge in [-0.3, -0.25) is 0 Å². The quantitative estimate of drug-likeness (QED) is 0.467. The molecule has 1 heterocycles. The highest BCUT2D eigenvalue weighted by Crippen LogP contribution is 2.26. The third-order valence-electron chi connectivity index (χ3n) is 3.65. The molecule has 0 aliphatic rings. The molecule has 0 aliphatic carbocycles. The van der Waals surface area contributed by atoms with Crippen molar-refractivity contribution in [1.82, 2.24) is 9.97 Å². The highest BCUT2D eigenvalue weighted by molar-refractivity contribution is 5.73. The number of rotatable bonds is 8. The summed E-state index contributed by atoms with van der Waals surface area (Å²) in [4.78, 5) is 18.7. The lowest BCUT2D eigenvalue weighted by Gasteiger charge is -2.13. The minimum absolute atomic E-state index is 0.0125. The van der Waals surface area contributed by atoms with E-state index in [0.717, 1.165) is 11.9 Å². The van der Waals surface area contributed by atoms with Crippen molar-refractivity contribution in [2.45, 2.75) is 0 Å². The summed E-state index contributed by atoms with van der Waals surface area (Å²) < 4.78 is 19.3. The molecule has 3 rings (SSSR count). The number of carboxylic acid groups (broad SMARTS) is 1. The van der Waals surface area contributed by atoms with E-state index in [2.05, 4.69) is 25.9 Å². The van der Waals surface area contributed by atoms with Gasteiger partial charge in [0.1, 0.15) is 5.75 Å². The molecule has 28 heavy (non-hydrogen) atoms. The molecular formula is C19H18FN5O3. The van der Waals surface area contributed by atoms with E-state index >= 15 is 0 Å². The number of hydrogen-bond donors (Lipinski definition) is 4. The van der Waals surface area contributed by atoms with Crippen molar-refractivity contribution >= 4 is 34.8 Å². The number of aliphatic carboxylic acids is 1. The van der Waals surface area contributed by atoms with E-state index in [9.17, 15) is 9.18 Å². The predicted octanol–water partition coefficient (Wildman–Crippen LogP) is 3.61. The Labute approximate surface area is 160 Å². The second-order valence-electron chi connectivity index (χ2n) is 5.65. The number of para-hydroxylation sites is 2. The second kappa shape index (κ2) is 8.67. The van der Waals surface area contributed by atoms with E-state index in [4.69, 9.17) is 9.84 Å². The molecule has 0 atom stereocenters. The molecule has 0 fully saturated rings. The van der Waals surface area contributed by atoms with E-state index < -0.39 is 18.4 Å². The molecule has 0 amide bonds. The van der Waals surface area contributed by atoms with E-state index in [1.54, 1.807) is 37.4 Å². The Morgan fingerprint density at radius 1 is 1.14 bits per heavy atom. The van der Waals surface area contributed by atoms with Crippen LogP contribution in [0.15, 0.2) is 54.7 Å². The number of anilines is 5. The molecule has 1 aromatic heterocycles. The van der Waals surface area contributed by atoms with Crippen LogP contribution in [-0.4, -0.2) is 34.7 Å². The van der Waals surface area contributed by atoms with Crippen molar-refractivity contribution < 1.29 is 19.0 Å². The predicted molar refractivity (Wildman–Crippen MR) is 104 cm³/mol. The highest BCUT2D eigenvalue weighted by atomic mass is 19.1. The van der Waals surface area contributed by atoms with Crippen molar-refractivity contribution in [3.63, 3.8) is 0 Å². The van der Waals surface area contributed by atoms with Crippen LogP contribution in [0, 0.1) is 5.82 Å². The monoisotopic (exact) mass is 383 g/mol. The van der Waals surface area contributed by atoms with Gasteiger partial charge in [-0.05, 0) is 24.3 Å². The first-order chi connectivity index (χ1) is 13.5. The normalized spacial score (nSPS) is 10.2.